The Morgan fingerprint density at radius 2 is 1.91 bits per heavy atom. The Morgan fingerprint density at radius 3 is 2.57 bits per heavy atom. The lowest BCUT2D eigenvalue weighted by atomic mass is 10.2. The molecule has 0 aliphatic rings. The molecule has 0 saturated heterocycles. The molecule has 0 radical (unpaired) electrons. The Kier molecular flexibility index (Phi) is 6.07. The minimum atomic E-state index is -0.501. The zero-order valence-corrected chi connectivity index (χ0v) is 14.1. The number of terminal acetylenes is 1. The molecule has 0 saturated carbocycles. The smallest absolute Gasteiger partial charge is 0.339 e. The molecule has 2 aromatic carbocycles. The zero-order valence-electron chi connectivity index (χ0n) is 12.5. The second kappa shape index (κ2) is 8.25. The quantitative estimate of drug-likeness (QED) is 0.569. The number of halogens is 1. The zero-order chi connectivity index (χ0) is 16.7. The third-order valence-electron chi connectivity index (χ3n) is 2.99. The molecule has 0 unspecified atom stereocenters. The van der Waals surface area contributed by atoms with E-state index in [0.29, 0.717) is 23.7 Å². The lowest BCUT2D eigenvalue weighted by Crippen LogP contribution is -2.06. The number of ether oxygens (including phenoxy) is 3. The van der Waals surface area contributed by atoms with Crippen LogP contribution in [0.25, 0.3) is 0 Å². The summed E-state index contributed by atoms with van der Waals surface area (Å²) in [6, 6.07) is 12.6. The van der Waals surface area contributed by atoms with Crippen molar-refractivity contribution >= 4 is 21.9 Å². The van der Waals surface area contributed by atoms with Gasteiger partial charge in [-0.15, -0.1) is 6.42 Å². The second-order valence-electron chi connectivity index (χ2n) is 4.56. The molecule has 0 amide bonds. The van der Waals surface area contributed by atoms with Crippen molar-refractivity contribution in [3.05, 3.63) is 58.1 Å². The summed E-state index contributed by atoms with van der Waals surface area (Å²) in [6.45, 7) is 0.284. The molecular weight excluding hydrogens is 360 g/mol. The number of rotatable bonds is 6. The van der Waals surface area contributed by atoms with Gasteiger partial charge in [-0.2, -0.15) is 0 Å². The number of methoxy groups -OCH3 is 1. The van der Waals surface area contributed by atoms with E-state index in [2.05, 4.69) is 21.9 Å². The van der Waals surface area contributed by atoms with Crippen LogP contribution in [0, 0.1) is 12.3 Å². The Hall–Kier alpha value is -2.45. The molecule has 0 spiro atoms. The van der Waals surface area contributed by atoms with E-state index in [1.165, 1.54) is 7.11 Å². The Morgan fingerprint density at radius 1 is 1.17 bits per heavy atom. The minimum Gasteiger partial charge on any atom is -0.493 e. The van der Waals surface area contributed by atoms with Gasteiger partial charge in [0.1, 0.15) is 6.61 Å². The molecule has 0 aliphatic carbocycles. The van der Waals surface area contributed by atoms with Crippen LogP contribution in [0.1, 0.15) is 15.9 Å². The standard InChI is InChI=1S/C18H15BrO4/c1-3-10-22-18(20)14-6-9-16(21-2)17(11-14)23-12-13-4-7-15(19)8-5-13/h1,4-9,11H,10,12H2,2H3. The van der Waals surface area contributed by atoms with Crippen LogP contribution in [0.5, 0.6) is 11.5 Å². The molecule has 0 atom stereocenters. The highest BCUT2D eigenvalue weighted by molar-refractivity contribution is 9.10. The summed E-state index contributed by atoms with van der Waals surface area (Å²) >= 11 is 3.38. The van der Waals surface area contributed by atoms with Gasteiger partial charge in [0.2, 0.25) is 0 Å². The number of carbonyl (C=O) groups is 1. The van der Waals surface area contributed by atoms with Crippen LogP contribution in [0.2, 0.25) is 0 Å². The minimum absolute atomic E-state index is 0.0695. The molecule has 118 valence electrons. The van der Waals surface area contributed by atoms with Gasteiger partial charge in [-0.3, -0.25) is 0 Å². The van der Waals surface area contributed by atoms with Crippen LogP contribution in [-0.4, -0.2) is 19.7 Å². The van der Waals surface area contributed by atoms with E-state index in [0.717, 1.165) is 10.0 Å². The van der Waals surface area contributed by atoms with Gasteiger partial charge in [0, 0.05) is 4.47 Å². The predicted octanol–water partition coefficient (Wildman–Crippen LogP) is 3.83. The van der Waals surface area contributed by atoms with E-state index >= 15 is 0 Å². The van der Waals surface area contributed by atoms with E-state index in [1.54, 1.807) is 18.2 Å². The normalized spacial score (nSPS) is 9.78. The van der Waals surface area contributed by atoms with Gasteiger partial charge in [-0.1, -0.05) is 34.0 Å². The van der Waals surface area contributed by atoms with Gasteiger partial charge >= 0.3 is 5.97 Å². The molecule has 2 rings (SSSR count). The van der Waals surface area contributed by atoms with Gasteiger partial charge in [0.25, 0.3) is 0 Å². The molecule has 0 fully saturated rings. The molecule has 23 heavy (non-hydrogen) atoms. The van der Waals surface area contributed by atoms with Crippen molar-refractivity contribution in [2.45, 2.75) is 6.61 Å². The van der Waals surface area contributed by atoms with E-state index in [1.807, 2.05) is 24.3 Å². The van der Waals surface area contributed by atoms with Crippen LogP contribution in [0.15, 0.2) is 46.9 Å². The van der Waals surface area contributed by atoms with Crippen LogP contribution in [-0.2, 0) is 11.3 Å². The number of hydrogen-bond donors (Lipinski definition) is 0. The monoisotopic (exact) mass is 374 g/mol. The topological polar surface area (TPSA) is 44.8 Å². The third-order valence-corrected chi connectivity index (χ3v) is 3.52. The summed E-state index contributed by atoms with van der Waals surface area (Å²) < 4.78 is 16.9. The summed E-state index contributed by atoms with van der Waals surface area (Å²) in [5, 5.41) is 0. The average Bonchev–Trinajstić information content (AvgIpc) is 2.58. The molecule has 0 aliphatic heterocycles. The first-order valence-electron chi connectivity index (χ1n) is 6.80. The van der Waals surface area contributed by atoms with Crippen LogP contribution < -0.4 is 9.47 Å². The molecular formula is C18H15BrO4. The fourth-order valence-electron chi connectivity index (χ4n) is 1.85. The highest BCUT2D eigenvalue weighted by Crippen LogP contribution is 2.29. The first kappa shape index (κ1) is 16.9. The summed E-state index contributed by atoms with van der Waals surface area (Å²) in [4.78, 5) is 11.8. The Bertz CT molecular complexity index is 717. The third kappa shape index (κ3) is 4.76. The van der Waals surface area contributed by atoms with Gasteiger partial charge in [-0.05, 0) is 35.9 Å². The lowest BCUT2D eigenvalue weighted by Gasteiger charge is -2.12. The molecule has 0 heterocycles. The highest BCUT2D eigenvalue weighted by Gasteiger charge is 2.12. The molecule has 0 bridgehead atoms. The molecule has 2 aromatic rings. The predicted molar refractivity (Wildman–Crippen MR) is 90.6 cm³/mol. The van der Waals surface area contributed by atoms with E-state index in [-0.39, 0.29) is 6.61 Å². The van der Waals surface area contributed by atoms with E-state index in [9.17, 15) is 4.79 Å². The highest BCUT2D eigenvalue weighted by atomic mass is 79.9. The lowest BCUT2D eigenvalue weighted by molar-refractivity contribution is 0.0556. The number of hydrogen-bond acceptors (Lipinski definition) is 4. The fourth-order valence-corrected chi connectivity index (χ4v) is 2.11. The maximum atomic E-state index is 11.8. The number of carbonyl (C=O) groups excluding carboxylic acids is 1. The Labute approximate surface area is 143 Å². The van der Waals surface area contributed by atoms with Gasteiger partial charge < -0.3 is 14.2 Å². The van der Waals surface area contributed by atoms with Crippen LogP contribution in [0.3, 0.4) is 0 Å². The maximum Gasteiger partial charge on any atom is 0.339 e. The summed E-state index contributed by atoms with van der Waals surface area (Å²) in [5.74, 6) is 2.75. The first-order chi connectivity index (χ1) is 11.1. The number of benzene rings is 2. The SMILES string of the molecule is C#CCOC(=O)c1ccc(OC)c(OCc2ccc(Br)cc2)c1. The van der Waals surface area contributed by atoms with Crippen molar-refractivity contribution < 1.29 is 19.0 Å². The van der Waals surface area contributed by atoms with Crippen molar-refractivity contribution in [2.24, 2.45) is 0 Å². The van der Waals surface area contributed by atoms with E-state index < -0.39 is 5.97 Å². The van der Waals surface area contributed by atoms with Gasteiger partial charge in [0.15, 0.2) is 18.1 Å². The largest absolute Gasteiger partial charge is 0.493 e. The van der Waals surface area contributed by atoms with Crippen LogP contribution in [0.4, 0.5) is 0 Å². The summed E-state index contributed by atoms with van der Waals surface area (Å²) in [6.07, 6.45) is 5.08. The number of esters is 1. The molecule has 5 heteroatoms. The molecule has 0 aromatic heterocycles. The fraction of sp³-hybridized carbons (Fsp3) is 0.167. The molecule has 4 nitrogen and oxygen atoms in total. The van der Waals surface area contributed by atoms with Crippen molar-refractivity contribution in [1.82, 2.24) is 0 Å². The van der Waals surface area contributed by atoms with Crippen molar-refractivity contribution in [3.63, 3.8) is 0 Å². The average molecular weight is 375 g/mol. The van der Waals surface area contributed by atoms with Crippen molar-refractivity contribution in [1.29, 1.82) is 0 Å². The van der Waals surface area contributed by atoms with E-state index in [4.69, 9.17) is 20.6 Å². The van der Waals surface area contributed by atoms with Crippen LogP contribution >= 0.6 is 15.9 Å². The van der Waals surface area contributed by atoms with Gasteiger partial charge in [-0.25, -0.2) is 4.79 Å². The molecule has 0 N–H and O–H groups in total. The summed E-state index contributed by atoms with van der Waals surface area (Å²) in [5.41, 5.74) is 1.35. The van der Waals surface area contributed by atoms with Crippen molar-refractivity contribution in [3.8, 4) is 23.8 Å². The Balaban J connectivity index is 2.13. The van der Waals surface area contributed by atoms with Crippen molar-refractivity contribution in [2.75, 3.05) is 13.7 Å². The first-order valence-corrected chi connectivity index (χ1v) is 7.59. The maximum absolute atomic E-state index is 11.8. The second-order valence-corrected chi connectivity index (χ2v) is 5.48. The van der Waals surface area contributed by atoms with Gasteiger partial charge in [0.05, 0.1) is 12.7 Å². The summed E-state index contributed by atoms with van der Waals surface area (Å²) in [7, 11) is 1.54.